The van der Waals surface area contributed by atoms with Crippen LogP contribution in [0.4, 0.5) is 0 Å². The minimum absolute atomic E-state index is 0.487. The lowest BCUT2D eigenvalue weighted by molar-refractivity contribution is 0.336. The van der Waals surface area contributed by atoms with Gasteiger partial charge >= 0.3 is 0 Å². The molecule has 0 aliphatic heterocycles. The van der Waals surface area contributed by atoms with Gasteiger partial charge in [-0.25, -0.2) is 17.7 Å². The third-order valence-corrected chi connectivity index (χ3v) is 5.10. The molecule has 1 aromatic carbocycles. The van der Waals surface area contributed by atoms with E-state index in [0.29, 0.717) is 45.2 Å². The Morgan fingerprint density at radius 2 is 1.92 bits per heavy atom. The fraction of sp³-hybridized carbons (Fsp3) is 0.611. The summed E-state index contributed by atoms with van der Waals surface area (Å²) in [5.74, 6) is 1.56. The van der Waals surface area contributed by atoms with Crippen molar-refractivity contribution in [2.45, 2.75) is 33.7 Å². The molecule has 1 aromatic rings. The van der Waals surface area contributed by atoms with Gasteiger partial charge in [0.15, 0.2) is 5.96 Å². The van der Waals surface area contributed by atoms with E-state index >= 15 is 0 Å². The zero-order valence-corrected chi connectivity index (χ0v) is 17.1. The number of aliphatic imine (C=N–C) groups is 1. The Morgan fingerprint density at radius 3 is 2.54 bits per heavy atom. The number of nitrogens with one attached hydrogen (secondary N) is 2. The van der Waals surface area contributed by atoms with Gasteiger partial charge in [-0.05, 0) is 26.3 Å². The SMILES string of the molecule is CCNC(=NCc1ccccc1OCC)NCCCN(CC)S(C)(=O)=O. The normalized spacial score (nSPS) is 12.3. The molecule has 0 bridgehead atoms. The first-order chi connectivity index (χ1) is 12.4. The largest absolute Gasteiger partial charge is 0.494 e. The molecule has 7 nitrogen and oxygen atoms in total. The topological polar surface area (TPSA) is 83.0 Å². The minimum Gasteiger partial charge on any atom is -0.494 e. The number of benzene rings is 1. The first-order valence-electron chi connectivity index (χ1n) is 9.10. The Labute approximate surface area is 157 Å². The Kier molecular flexibility index (Phi) is 10.0. The molecule has 8 heteroatoms. The van der Waals surface area contributed by atoms with Crippen LogP contribution in [0.2, 0.25) is 0 Å². The highest BCUT2D eigenvalue weighted by Crippen LogP contribution is 2.18. The summed E-state index contributed by atoms with van der Waals surface area (Å²) in [7, 11) is -3.14. The van der Waals surface area contributed by atoms with Gasteiger partial charge in [-0.1, -0.05) is 25.1 Å². The van der Waals surface area contributed by atoms with Crippen LogP contribution < -0.4 is 15.4 Å². The fourth-order valence-corrected chi connectivity index (χ4v) is 3.39. The van der Waals surface area contributed by atoms with Gasteiger partial charge < -0.3 is 15.4 Å². The zero-order valence-electron chi connectivity index (χ0n) is 16.3. The lowest BCUT2D eigenvalue weighted by Gasteiger charge is -2.18. The van der Waals surface area contributed by atoms with E-state index in [1.165, 1.54) is 10.6 Å². The predicted molar refractivity (Wildman–Crippen MR) is 107 cm³/mol. The van der Waals surface area contributed by atoms with Crippen molar-refractivity contribution in [2.75, 3.05) is 39.0 Å². The Bertz CT molecular complexity index is 662. The molecule has 0 saturated heterocycles. The summed E-state index contributed by atoms with van der Waals surface area (Å²) in [6.45, 7) is 9.32. The molecule has 0 aliphatic rings. The van der Waals surface area contributed by atoms with Crippen LogP contribution >= 0.6 is 0 Å². The van der Waals surface area contributed by atoms with Gasteiger partial charge in [-0.15, -0.1) is 0 Å². The van der Waals surface area contributed by atoms with Crippen LogP contribution in [0.3, 0.4) is 0 Å². The number of rotatable bonds is 11. The smallest absolute Gasteiger partial charge is 0.211 e. The van der Waals surface area contributed by atoms with Crippen LogP contribution in [0, 0.1) is 0 Å². The molecular weight excluding hydrogens is 352 g/mol. The highest BCUT2D eigenvalue weighted by Gasteiger charge is 2.13. The van der Waals surface area contributed by atoms with Crippen molar-refractivity contribution in [2.24, 2.45) is 4.99 Å². The van der Waals surface area contributed by atoms with Crippen molar-refractivity contribution in [1.29, 1.82) is 0 Å². The van der Waals surface area contributed by atoms with Crippen LogP contribution in [0.25, 0.3) is 0 Å². The summed E-state index contributed by atoms with van der Waals surface area (Å²) in [5.41, 5.74) is 1.03. The molecule has 1 rings (SSSR count). The minimum atomic E-state index is -3.14. The lowest BCUT2D eigenvalue weighted by atomic mass is 10.2. The Balaban J connectivity index is 2.59. The van der Waals surface area contributed by atoms with Crippen molar-refractivity contribution < 1.29 is 13.2 Å². The van der Waals surface area contributed by atoms with E-state index in [-0.39, 0.29) is 0 Å². The molecule has 0 aromatic heterocycles. The van der Waals surface area contributed by atoms with Gasteiger partial charge in [-0.3, -0.25) is 0 Å². The highest BCUT2D eigenvalue weighted by molar-refractivity contribution is 7.88. The van der Waals surface area contributed by atoms with E-state index in [1.54, 1.807) is 0 Å². The van der Waals surface area contributed by atoms with Gasteiger partial charge in [0.1, 0.15) is 5.75 Å². The average molecular weight is 385 g/mol. The maximum absolute atomic E-state index is 11.6. The number of nitrogens with zero attached hydrogens (tertiary/aromatic N) is 2. The van der Waals surface area contributed by atoms with E-state index in [2.05, 4.69) is 15.6 Å². The van der Waals surface area contributed by atoms with Gasteiger partial charge in [-0.2, -0.15) is 0 Å². The fourth-order valence-electron chi connectivity index (χ4n) is 2.46. The van der Waals surface area contributed by atoms with Gasteiger partial charge in [0, 0.05) is 31.7 Å². The summed E-state index contributed by atoms with van der Waals surface area (Å²) in [6.07, 6.45) is 1.95. The molecule has 0 atom stereocenters. The number of hydrogen-bond donors (Lipinski definition) is 2. The van der Waals surface area contributed by atoms with Crippen molar-refractivity contribution in [3.63, 3.8) is 0 Å². The van der Waals surface area contributed by atoms with E-state index in [0.717, 1.165) is 17.9 Å². The molecule has 0 aliphatic carbocycles. The van der Waals surface area contributed by atoms with Gasteiger partial charge in [0.2, 0.25) is 10.0 Å². The van der Waals surface area contributed by atoms with E-state index in [4.69, 9.17) is 4.74 Å². The van der Waals surface area contributed by atoms with Crippen LogP contribution in [-0.2, 0) is 16.6 Å². The number of ether oxygens (including phenoxy) is 1. The molecule has 26 heavy (non-hydrogen) atoms. The molecule has 0 amide bonds. The second-order valence-electron chi connectivity index (χ2n) is 5.77. The van der Waals surface area contributed by atoms with Crippen LogP contribution in [0.1, 0.15) is 32.8 Å². The van der Waals surface area contributed by atoms with Crippen molar-refractivity contribution >= 4 is 16.0 Å². The van der Waals surface area contributed by atoms with Crippen molar-refractivity contribution in [1.82, 2.24) is 14.9 Å². The van der Waals surface area contributed by atoms with Crippen LogP contribution in [0.5, 0.6) is 5.75 Å². The van der Waals surface area contributed by atoms with E-state index in [1.807, 2.05) is 45.0 Å². The number of guanidine groups is 1. The van der Waals surface area contributed by atoms with Gasteiger partial charge in [0.25, 0.3) is 0 Å². The number of sulfonamides is 1. The maximum Gasteiger partial charge on any atom is 0.211 e. The molecular formula is C18H32N4O3S. The second kappa shape index (κ2) is 11.7. The third kappa shape index (κ3) is 8.05. The highest BCUT2D eigenvalue weighted by atomic mass is 32.2. The Hall–Kier alpha value is -1.80. The quantitative estimate of drug-likeness (QED) is 0.345. The zero-order chi connectivity index (χ0) is 19.4. The molecule has 0 saturated carbocycles. The summed E-state index contributed by atoms with van der Waals surface area (Å²) >= 11 is 0. The first-order valence-corrected chi connectivity index (χ1v) is 10.9. The molecule has 0 fully saturated rings. The number of hydrogen-bond acceptors (Lipinski definition) is 4. The number of para-hydroxylation sites is 1. The van der Waals surface area contributed by atoms with E-state index < -0.39 is 10.0 Å². The van der Waals surface area contributed by atoms with Gasteiger partial charge in [0.05, 0.1) is 19.4 Å². The summed E-state index contributed by atoms with van der Waals surface area (Å²) in [6, 6.07) is 7.86. The third-order valence-electron chi connectivity index (χ3n) is 3.72. The summed E-state index contributed by atoms with van der Waals surface area (Å²) in [5, 5.41) is 6.45. The second-order valence-corrected chi connectivity index (χ2v) is 7.75. The molecule has 0 radical (unpaired) electrons. The molecule has 148 valence electrons. The molecule has 0 unspecified atom stereocenters. The molecule has 2 N–H and O–H groups in total. The maximum atomic E-state index is 11.6. The average Bonchev–Trinajstić information content (AvgIpc) is 2.59. The van der Waals surface area contributed by atoms with Crippen molar-refractivity contribution in [3.8, 4) is 5.75 Å². The summed E-state index contributed by atoms with van der Waals surface area (Å²) < 4.78 is 30.3. The first kappa shape index (κ1) is 22.2. The van der Waals surface area contributed by atoms with Crippen LogP contribution in [0.15, 0.2) is 29.3 Å². The Morgan fingerprint density at radius 1 is 1.19 bits per heavy atom. The standard InChI is InChI=1S/C18H32N4O3S/c1-5-19-18(20-13-10-14-22(6-2)26(4,23)24)21-15-16-11-8-9-12-17(16)25-7-3/h8-9,11-12H,5-7,10,13-15H2,1-4H3,(H2,19,20,21). The van der Waals surface area contributed by atoms with Crippen molar-refractivity contribution in [3.05, 3.63) is 29.8 Å². The lowest BCUT2D eigenvalue weighted by Crippen LogP contribution is -2.39. The van der Waals surface area contributed by atoms with E-state index in [9.17, 15) is 8.42 Å². The van der Waals surface area contributed by atoms with Crippen LogP contribution in [-0.4, -0.2) is 57.7 Å². The predicted octanol–water partition coefficient (Wildman–Crippen LogP) is 1.81. The molecule has 0 heterocycles. The summed E-state index contributed by atoms with van der Waals surface area (Å²) in [4.78, 5) is 4.59. The molecule has 0 spiro atoms. The monoisotopic (exact) mass is 384 g/mol.